The summed E-state index contributed by atoms with van der Waals surface area (Å²) in [4.78, 5) is 17.9. The monoisotopic (exact) mass is 502 g/mol. The lowest BCUT2D eigenvalue weighted by molar-refractivity contribution is 0.262. The maximum absolute atomic E-state index is 13.7. The van der Waals surface area contributed by atoms with Crippen LogP contribution >= 0.6 is 11.3 Å². The van der Waals surface area contributed by atoms with Gasteiger partial charge in [-0.2, -0.15) is 0 Å². The summed E-state index contributed by atoms with van der Waals surface area (Å²) in [6.07, 6.45) is 7.55. The van der Waals surface area contributed by atoms with Gasteiger partial charge in [0.2, 0.25) is 0 Å². The second-order valence-electron chi connectivity index (χ2n) is 9.88. The van der Waals surface area contributed by atoms with Crippen molar-refractivity contribution in [1.82, 2.24) is 4.98 Å². The third-order valence-electron chi connectivity index (χ3n) is 6.22. The van der Waals surface area contributed by atoms with Crippen LogP contribution < -0.4 is 16.4 Å². The Morgan fingerprint density at radius 3 is 2.34 bits per heavy atom. The number of urea groups is 1. The Morgan fingerprint density at radius 1 is 1.03 bits per heavy atom. The Bertz CT molecular complexity index is 1180. The topological polar surface area (TPSA) is 80.0 Å². The molecule has 0 bridgehead atoms. The molecule has 0 spiro atoms. The molecule has 0 atom stereocenters. The van der Waals surface area contributed by atoms with Gasteiger partial charge in [0.15, 0.2) is 11.6 Å². The fourth-order valence-corrected chi connectivity index (χ4v) is 5.68. The molecule has 5 nitrogen and oxygen atoms in total. The van der Waals surface area contributed by atoms with E-state index in [9.17, 15) is 18.0 Å². The van der Waals surface area contributed by atoms with Gasteiger partial charge in [-0.25, -0.2) is 22.9 Å². The van der Waals surface area contributed by atoms with Crippen LogP contribution in [0.25, 0.3) is 10.4 Å². The average molecular weight is 503 g/mol. The second-order valence-corrected chi connectivity index (χ2v) is 10.9. The largest absolute Gasteiger partial charge is 0.326 e. The van der Waals surface area contributed by atoms with E-state index in [4.69, 9.17) is 5.73 Å². The van der Waals surface area contributed by atoms with Gasteiger partial charge in [-0.1, -0.05) is 12.1 Å². The number of rotatable bonds is 6. The Labute approximate surface area is 207 Å². The fraction of sp³-hybridized carbons (Fsp3) is 0.385. The number of hydrogen-bond donors (Lipinski definition) is 3. The molecule has 186 valence electrons. The summed E-state index contributed by atoms with van der Waals surface area (Å²) in [6.45, 7) is 4.18. The summed E-state index contributed by atoms with van der Waals surface area (Å²) >= 11 is 1.69. The number of hydrogen-bond acceptors (Lipinski definition) is 4. The van der Waals surface area contributed by atoms with Gasteiger partial charge < -0.3 is 16.4 Å². The third-order valence-corrected chi connectivity index (χ3v) is 7.43. The minimum Gasteiger partial charge on any atom is -0.326 e. The van der Waals surface area contributed by atoms with Crippen molar-refractivity contribution in [1.29, 1.82) is 0 Å². The minimum atomic E-state index is -1.32. The van der Waals surface area contributed by atoms with Gasteiger partial charge in [-0.15, -0.1) is 11.3 Å². The normalized spacial score (nSPS) is 18.3. The zero-order valence-corrected chi connectivity index (χ0v) is 20.5. The summed E-state index contributed by atoms with van der Waals surface area (Å²) in [5, 5.41) is 5.89. The molecule has 35 heavy (non-hydrogen) atoms. The van der Waals surface area contributed by atoms with Gasteiger partial charge in [-0.05, 0) is 69.6 Å². The van der Waals surface area contributed by atoms with Gasteiger partial charge in [-0.3, -0.25) is 0 Å². The van der Waals surface area contributed by atoms with E-state index in [-0.39, 0.29) is 5.54 Å². The second kappa shape index (κ2) is 10.4. The standard InChI is InChI=1S/C26H29F3N4OS/c1-26(2,30)13-15-3-5-17(6-4-15)24-31-14-23(35-24)16-7-9-18(10-8-16)32-25(34)33-22-12-20(28)19(27)11-21(22)29/h7-12,14-15,17H,3-6,13,30H2,1-2H3,(H2,32,33,34). The molecular formula is C26H29F3N4OS. The van der Waals surface area contributed by atoms with E-state index < -0.39 is 29.2 Å². The molecule has 0 saturated heterocycles. The molecule has 4 rings (SSSR count). The number of carbonyl (C=O) groups is 1. The minimum absolute atomic E-state index is 0.122. The van der Waals surface area contributed by atoms with Crippen molar-refractivity contribution < 1.29 is 18.0 Å². The summed E-state index contributed by atoms with van der Waals surface area (Å²) < 4.78 is 40.1. The van der Waals surface area contributed by atoms with E-state index >= 15 is 0 Å². The Hall–Kier alpha value is -2.91. The lowest BCUT2D eigenvalue weighted by Crippen LogP contribution is -2.35. The van der Waals surface area contributed by atoms with Gasteiger partial charge in [0, 0.05) is 35.5 Å². The molecule has 1 saturated carbocycles. The summed E-state index contributed by atoms with van der Waals surface area (Å²) in [6, 6.07) is 7.38. The number of benzene rings is 2. The molecule has 1 aromatic heterocycles. The Kier molecular flexibility index (Phi) is 7.47. The molecule has 4 N–H and O–H groups in total. The highest BCUT2D eigenvalue weighted by atomic mass is 32.1. The lowest BCUT2D eigenvalue weighted by Gasteiger charge is -2.31. The van der Waals surface area contributed by atoms with Crippen LogP contribution in [-0.4, -0.2) is 16.6 Å². The molecule has 1 heterocycles. The van der Waals surface area contributed by atoms with Crippen LogP contribution in [0.3, 0.4) is 0 Å². The first kappa shape index (κ1) is 25.2. The summed E-state index contributed by atoms with van der Waals surface area (Å²) in [5.41, 5.74) is 7.07. The molecule has 0 aliphatic heterocycles. The Balaban J connectivity index is 1.33. The van der Waals surface area contributed by atoms with E-state index in [2.05, 4.69) is 29.5 Å². The molecule has 3 aromatic rings. The predicted molar refractivity (Wildman–Crippen MR) is 134 cm³/mol. The molecule has 1 fully saturated rings. The van der Waals surface area contributed by atoms with Crippen molar-refractivity contribution in [2.45, 2.75) is 57.4 Å². The van der Waals surface area contributed by atoms with Crippen molar-refractivity contribution in [2.75, 3.05) is 10.6 Å². The van der Waals surface area contributed by atoms with Crippen LogP contribution in [0.15, 0.2) is 42.6 Å². The Morgan fingerprint density at radius 2 is 1.69 bits per heavy atom. The summed E-state index contributed by atoms with van der Waals surface area (Å²) in [5.74, 6) is -2.47. The highest BCUT2D eigenvalue weighted by molar-refractivity contribution is 7.15. The van der Waals surface area contributed by atoms with E-state index in [1.54, 1.807) is 23.5 Å². The number of nitrogens with two attached hydrogens (primary N) is 1. The molecular weight excluding hydrogens is 473 g/mol. The van der Waals surface area contributed by atoms with Crippen LogP contribution in [0.1, 0.15) is 56.9 Å². The van der Waals surface area contributed by atoms with Crippen LogP contribution in [-0.2, 0) is 0 Å². The molecule has 9 heteroatoms. The van der Waals surface area contributed by atoms with Crippen molar-refractivity contribution in [3.8, 4) is 10.4 Å². The molecule has 1 aliphatic carbocycles. The maximum Gasteiger partial charge on any atom is 0.323 e. The maximum atomic E-state index is 13.7. The predicted octanol–water partition coefficient (Wildman–Crippen LogP) is 7.27. The first-order valence-corrected chi connectivity index (χ1v) is 12.5. The lowest BCUT2D eigenvalue weighted by atomic mass is 9.77. The first-order chi connectivity index (χ1) is 16.6. The van der Waals surface area contributed by atoms with Crippen LogP contribution in [0.5, 0.6) is 0 Å². The third kappa shape index (κ3) is 6.61. The number of aromatic nitrogens is 1. The van der Waals surface area contributed by atoms with E-state index in [0.717, 1.165) is 34.7 Å². The molecule has 2 amide bonds. The summed E-state index contributed by atoms with van der Waals surface area (Å²) in [7, 11) is 0. The van der Waals surface area contributed by atoms with E-state index in [0.29, 0.717) is 29.7 Å². The van der Waals surface area contributed by atoms with Crippen molar-refractivity contribution in [3.05, 3.63) is 65.1 Å². The van der Waals surface area contributed by atoms with Gasteiger partial charge in [0.25, 0.3) is 0 Å². The number of anilines is 2. The molecule has 0 radical (unpaired) electrons. The van der Waals surface area contributed by atoms with E-state index in [1.165, 1.54) is 12.8 Å². The molecule has 0 unspecified atom stereocenters. The molecule has 1 aliphatic rings. The number of thiazole rings is 1. The highest BCUT2D eigenvalue weighted by Gasteiger charge is 2.27. The highest BCUT2D eigenvalue weighted by Crippen LogP contribution is 2.41. The van der Waals surface area contributed by atoms with Gasteiger partial charge in [0.1, 0.15) is 5.82 Å². The van der Waals surface area contributed by atoms with Crippen molar-refractivity contribution >= 4 is 28.7 Å². The zero-order chi connectivity index (χ0) is 25.2. The zero-order valence-electron chi connectivity index (χ0n) is 19.7. The number of amides is 2. The SMILES string of the molecule is CC(C)(N)CC1CCC(c2ncc(-c3ccc(NC(=O)Nc4cc(F)c(F)cc4F)cc3)s2)CC1. The van der Waals surface area contributed by atoms with Crippen molar-refractivity contribution in [3.63, 3.8) is 0 Å². The van der Waals surface area contributed by atoms with Crippen molar-refractivity contribution in [2.24, 2.45) is 11.7 Å². The first-order valence-electron chi connectivity index (χ1n) is 11.6. The van der Waals surface area contributed by atoms with Crippen LogP contribution in [0.4, 0.5) is 29.3 Å². The van der Waals surface area contributed by atoms with E-state index in [1.807, 2.05) is 18.3 Å². The number of nitrogens with one attached hydrogen (secondary N) is 2. The van der Waals surface area contributed by atoms with Crippen LogP contribution in [0, 0.1) is 23.4 Å². The van der Waals surface area contributed by atoms with Gasteiger partial charge >= 0.3 is 6.03 Å². The smallest absolute Gasteiger partial charge is 0.323 e. The average Bonchev–Trinajstić information content (AvgIpc) is 3.28. The fourth-order valence-electron chi connectivity index (χ4n) is 4.59. The molecule has 2 aromatic carbocycles. The van der Waals surface area contributed by atoms with Crippen LogP contribution in [0.2, 0.25) is 0 Å². The number of halogens is 3. The number of nitrogens with zero attached hydrogens (tertiary/aromatic N) is 1. The number of carbonyl (C=O) groups excluding carboxylic acids is 1. The van der Waals surface area contributed by atoms with Gasteiger partial charge in [0.05, 0.1) is 15.6 Å². The quantitative estimate of drug-likeness (QED) is 0.310.